The van der Waals surface area contributed by atoms with E-state index in [1.807, 2.05) is 13.8 Å². The lowest BCUT2D eigenvalue weighted by Gasteiger charge is -2.39. The van der Waals surface area contributed by atoms with Crippen molar-refractivity contribution in [3.63, 3.8) is 0 Å². The zero-order valence-electron chi connectivity index (χ0n) is 13.6. The Kier molecular flexibility index (Phi) is 5.41. The van der Waals surface area contributed by atoms with Gasteiger partial charge in [-0.2, -0.15) is 0 Å². The molecule has 1 saturated heterocycles. The summed E-state index contributed by atoms with van der Waals surface area (Å²) in [5, 5.41) is 2.43. The van der Waals surface area contributed by atoms with Gasteiger partial charge in [-0.3, -0.25) is 4.79 Å². The lowest BCUT2D eigenvalue weighted by Crippen LogP contribution is -2.57. The Morgan fingerprint density at radius 1 is 1.35 bits per heavy atom. The maximum Gasteiger partial charge on any atom is 0.224 e. The topological polar surface area (TPSA) is 66.5 Å². The van der Waals surface area contributed by atoms with Crippen molar-refractivity contribution in [3.05, 3.63) is 30.1 Å². The molecule has 3 unspecified atom stereocenters. The molecule has 0 bridgehead atoms. The second-order valence-corrected chi connectivity index (χ2v) is 8.45. The molecule has 1 heterocycles. The molecule has 0 aliphatic carbocycles. The number of benzene rings is 1. The molecule has 1 aromatic rings. The zero-order valence-corrected chi connectivity index (χ0v) is 14.4. The predicted molar refractivity (Wildman–Crippen MR) is 86.3 cm³/mol. The normalized spacial score (nSPS) is 23.6. The minimum Gasteiger partial charge on any atom is -0.337 e. The van der Waals surface area contributed by atoms with Gasteiger partial charge in [0.25, 0.3) is 0 Å². The summed E-state index contributed by atoms with van der Waals surface area (Å²) in [7, 11) is -3.65. The Morgan fingerprint density at radius 2 is 1.96 bits per heavy atom. The van der Waals surface area contributed by atoms with Gasteiger partial charge in [0.1, 0.15) is 5.82 Å². The standard InChI is InChI=1S/C16H23FN2O3S/c1-11(23(21,22)15-6-4-14(17)5-7-15)10-16(20)19-9-8-18-12(2)13(19)3/h4-7,11-13,18H,8-10H2,1-3H3. The third-order valence-electron chi connectivity index (χ3n) is 4.49. The Bertz CT molecular complexity index is 660. The molecule has 7 heteroatoms. The lowest BCUT2D eigenvalue weighted by atomic mass is 10.1. The van der Waals surface area contributed by atoms with Crippen LogP contribution in [0, 0.1) is 5.82 Å². The Balaban J connectivity index is 2.09. The van der Waals surface area contributed by atoms with Crippen LogP contribution in [-0.4, -0.2) is 49.6 Å². The largest absolute Gasteiger partial charge is 0.337 e. The molecule has 3 atom stereocenters. The van der Waals surface area contributed by atoms with Crippen LogP contribution in [0.15, 0.2) is 29.2 Å². The SMILES string of the molecule is CC1NCCN(C(=O)CC(C)S(=O)(=O)c2ccc(F)cc2)C1C. The van der Waals surface area contributed by atoms with E-state index in [0.29, 0.717) is 13.1 Å². The fourth-order valence-corrected chi connectivity index (χ4v) is 4.08. The highest BCUT2D eigenvalue weighted by Crippen LogP contribution is 2.20. The highest BCUT2D eigenvalue weighted by molar-refractivity contribution is 7.92. The maximum absolute atomic E-state index is 12.9. The van der Waals surface area contributed by atoms with Gasteiger partial charge in [0.05, 0.1) is 10.1 Å². The van der Waals surface area contributed by atoms with E-state index in [1.165, 1.54) is 19.1 Å². The molecular weight excluding hydrogens is 319 g/mol. The third kappa shape index (κ3) is 3.90. The van der Waals surface area contributed by atoms with Crippen molar-refractivity contribution in [2.24, 2.45) is 0 Å². The first-order valence-electron chi connectivity index (χ1n) is 7.76. The molecule has 1 fully saturated rings. The average molecular weight is 342 g/mol. The first kappa shape index (κ1) is 17.9. The van der Waals surface area contributed by atoms with E-state index in [0.717, 1.165) is 12.1 Å². The number of hydrogen-bond donors (Lipinski definition) is 1. The van der Waals surface area contributed by atoms with E-state index in [2.05, 4.69) is 5.32 Å². The third-order valence-corrected chi connectivity index (χ3v) is 6.64. The summed E-state index contributed by atoms with van der Waals surface area (Å²) in [6.07, 6.45) is -0.0726. The summed E-state index contributed by atoms with van der Waals surface area (Å²) in [5.41, 5.74) is 0. The Hall–Kier alpha value is -1.47. The van der Waals surface area contributed by atoms with Crippen LogP contribution in [0.3, 0.4) is 0 Å². The van der Waals surface area contributed by atoms with Crippen molar-refractivity contribution in [3.8, 4) is 0 Å². The molecule has 1 amide bonds. The number of rotatable bonds is 4. The summed E-state index contributed by atoms with van der Waals surface area (Å²) in [5.74, 6) is -0.652. The number of nitrogens with zero attached hydrogens (tertiary/aromatic N) is 1. The van der Waals surface area contributed by atoms with E-state index >= 15 is 0 Å². The lowest BCUT2D eigenvalue weighted by molar-refractivity contribution is -0.134. The fraction of sp³-hybridized carbons (Fsp3) is 0.562. The van der Waals surface area contributed by atoms with Crippen molar-refractivity contribution < 1.29 is 17.6 Å². The van der Waals surface area contributed by atoms with Gasteiger partial charge in [0.15, 0.2) is 9.84 Å². The highest BCUT2D eigenvalue weighted by atomic mass is 32.2. The fourth-order valence-electron chi connectivity index (χ4n) is 2.74. The average Bonchev–Trinajstić information content (AvgIpc) is 2.50. The molecule has 0 spiro atoms. The van der Waals surface area contributed by atoms with Gasteiger partial charge in [-0.05, 0) is 45.0 Å². The van der Waals surface area contributed by atoms with Crippen LogP contribution < -0.4 is 5.32 Å². The number of carbonyl (C=O) groups is 1. The van der Waals surface area contributed by atoms with Crippen LogP contribution in [0.4, 0.5) is 4.39 Å². The van der Waals surface area contributed by atoms with E-state index in [-0.39, 0.29) is 29.3 Å². The van der Waals surface area contributed by atoms with E-state index in [9.17, 15) is 17.6 Å². The van der Waals surface area contributed by atoms with Crippen LogP contribution in [-0.2, 0) is 14.6 Å². The first-order valence-corrected chi connectivity index (χ1v) is 9.30. The highest BCUT2D eigenvalue weighted by Gasteiger charge is 2.32. The van der Waals surface area contributed by atoms with Crippen molar-refractivity contribution in [1.29, 1.82) is 0 Å². The van der Waals surface area contributed by atoms with Gasteiger partial charge < -0.3 is 10.2 Å². The van der Waals surface area contributed by atoms with Gasteiger partial charge in [0, 0.05) is 31.6 Å². The predicted octanol–water partition coefficient (Wildman–Crippen LogP) is 1.59. The number of piperazine rings is 1. The number of amides is 1. The first-order chi connectivity index (χ1) is 10.7. The second-order valence-electron chi connectivity index (χ2n) is 6.08. The van der Waals surface area contributed by atoms with Crippen molar-refractivity contribution in [1.82, 2.24) is 10.2 Å². The molecule has 2 rings (SSSR count). The maximum atomic E-state index is 12.9. The molecule has 1 N–H and O–H groups in total. The van der Waals surface area contributed by atoms with Crippen molar-refractivity contribution in [2.75, 3.05) is 13.1 Å². The number of hydrogen-bond acceptors (Lipinski definition) is 4. The minimum absolute atomic E-state index is 0.0250. The summed E-state index contributed by atoms with van der Waals surface area (Å²) in [6.45, 7) is 6.76. The summed E-state index contributed by atoms with van der Waals surface area (Å²) >= 11 is 0. The van der Waals surface area contributed by atoms with Crippen LogP contribution in [0.1, 0.15) is 27.2 Å². The minimum atomic E-state index is -3.65. The van der Waals surface area contributed by atoms with Crippen LogP contribution in [0.25, 0.3) is 0 Å². The molecule has 0 aromatic heterocycles. The van der Waals surface area contributed by atoms with E-state index < -0.39 is 20.9 Å². The number of carbonyl (C=O) groups excluding carboxylic acids is 1. The summed E-state index contributed by atoms with van der Waals surface area (Å²) in [4.78, 5) is 14.2. The smallest absolute Gasteiger partial charge is 0.224 e. The number of nitrogens with one attached hydrogen (secondary N) is 1. The van der Waals surface area contributed by atoms with Gasteiger partial charge in [-0.25, -0.2) is 12.8 Å². The molecular formula is C16H23FN2O3S. The van der Waals surface area contributed by atoms with E-state index in [1.54, 1.807) is 4.90 Å². The van der Waals surface area contributed by atoms with Crippen molar-refractivity contribution in [2.45, 2.75) is 49.4 Å². The molecule has 1 aromatic carbocycles. The molecule has 0 radical (unpaired) electrons. The summed E-state index contributed by atoms with van der Waals surface area (Å²) in [6, 6.07) is 4.90. The van der Waals surface area contributed by atoms with Gasteiger partial charge in [0.2, 0.25) is 5.91 Å². The van der Waals surface area contributed by atoms with Gasteiger partial charge >= 0.3 is 0 Å². The van der Waals surface area contributed by atoms with E-state index in [4.69, 9.17) is 0 Å². The van der Waals surface area contributed by atoms with Gasteiger partial charge in [-0.1, -0.05) is 0 Å². The zero-order chi connectivity index (χ0) is 17.2. The molecule has 1 aliphatic heterocycles. The monoisotopic (exact) mass is 342 g/mol. The molecule has 1 aliphatic rings. The number of sulfone groups is 1. The molecule has 0 saturated carbocycles. The van der Waals surface area contributed by atoms with Gasteiger partial charge in [-0.15, -0.1) is 0 Å². The number of halogens is 1. The van der Waals surface area contributed by atoms with Crippen LogP contribution >= 0.6 is 0 Å². The molecule has 23 heavy (non-hydrogen) atoms. The summed E-state index contributed by atoms with van der Waals surface area (Å²) < 4.78 is 38.0. The molecule has 128 valence electrons. The quantitative estimate of drug-likeness (QED) is 0.844. The Morgan fingerprint density at radius 3 is 2.57 bits per heavy atom. The second kappa shape index (κ2) is 6.97. The van der Waals surface area contributed by atoms with Crippen LogP contribution in [0.5, 0.6) is 0 Å². The molecule has 5 nitrogen and oxygen atoms in total. The van der Waals surface area contributed by atoms with Crippen LogP contribution in [0.2, 0.25) is 0 Å². The Labute approximate surface area is 136 Å². The van der Waals surface area contributed by atoms with Crippen molar-refractivity contribution >= 4 is 15.7 Å².